The van der Waals surface area contributed by atoms with E-state index in [-0.39, 0.29) is 68.9 Å². The molecule has 0 saturated carbocycles. The zero-order valence-electron chi connectivity index (χ0n) is 20.6. The Morgan fingerprint density at radius 3 is 1.82 bits per heavy atom. The summed E-state index contributed by atoms with van der Waals surface area (Å²) in [5.74, 6) is -1.39. The van der Waals surface area contributed by atoms with Gasteiger partial charge in [0.25, 0.3) is 0 Å². The molecule has 2 aliphatic heterocycles. The fraction of sp³-hybridized carbons (Fsp3) is 0.120. The van der Waals surface area contributed by atoms with E-state index in [1.807, 2.05) is 30.5 Å². The summed E-state index contributed by atoms with van der Waals surface area (Å²) in [6.07, 6.45) is 1.99. The monoisotopic (exact) mass is 634 g/mol. The van der Waals surface area contributed by atoms with Gasteiger partial charge in [-0.25, -0.2) is 0 Å². The molecule has 3 aromatic carbocycles. The molecule has 2 heterocycles. The first-order chi connectivity index (χ1) is 17.5. The van der Waals surface area contributed by atoms with Crippen molar-refractivity contribution in [3.05, 3.63) is 81.4 Å². The summed E-state index contributed by atoms with van der Waals surface area (Å²) in [5, 5.41) is 27.1. The quantitative estimate of drug-likeness (QED) is 0.181. The summed E-state index contributed by atoms with van der Waals surface area (Å²) in [4.78, 5) is 22.1. The van der Waals surface area contributed by atoms with Gasteiger partial charge in [0.1, 0.15) is 5.75 Å². The first kappa shape index (κ1) is 32.8. The van der Waals surface area contributed by atoms with Crippen molar-refractivity contribution in [2.24, 2.45) is 0 Å². The Kier molecular flexibility index (Phi) is 12.9. The Balaban J connectivity index is 0.00000200. The number of carboxylic acids is 2. The van der Waals surface area contributed by atoms with Crippen LogP contribution in [0.4, 0.5) is 0 Å². The second-order valence-electron chi connectivity index (χ2n) is 7.34. The average Bonchev–Trinajstić information content (AvgIpc) is 3.51. The van der Waals surface area contributed by atoms with Crippen LogP contribution in [-0.2, 0) is 9.59 Å². The van der Waals surface area contributed by atoms with Crippen LogP contribution < -0.4 is 74.1 Å². The average molecular weight is 635 g/mol. The van der Waals surface area contributed by atoms with Crippen molar-refractivity contribution >= 4 is 104 Å². The minimum absolute atomic E-state index is 0. The van der Waals surface area contributed by atoms with Gasteiger partial charge in [0, 0.05) is 16.5 Å². The Morgan fingerprint density at radius 1 is 0.789 bits per heavy atom. The minimum Gasteiger partial charge on any atom is -0.544 e. The molecule has 0 saturated heterocycles. The van der Waals surface area contributed by atoms with Crippen LogP contribution in [-0.4, -0.2) is 30.6 Å². The van der Waals surface area contributed by atoms with Gasteiger partial charge in [-0.15, -0.1) is 23.5 Å². The fourth-order valence-corrected chi connectivity index (χ4v) is 11.6. The van der Waals surface area contributed by atoms with Crippen molar-refractivity contribution in [1.82, 2.24) is 0 Å². The van der Waals surface area contributed by atoms with Gasteiger partial charge in [-0.3, -0.25) is 0 Å². The number of thioether (sulfide) groups is 6. The van der Waals surface area contributed by atoms with E-state index in [4.69, 9.17) is 4.74 Å². The molecule has 0 aromatic heterocycles. The molecule has 2 aliphatic rings. The molecule has 0 radical (unpaired) electrons. The summed E-state index contributed by atoms with van der Waals surface area (Å²) >= 11 is 8.20. The van der Waals surface area contributed by atoms with Crippen LogP contribution in [0.5, 0.6) is 5.75 Å². The molecule has 0 amide bonds. The third-order valence-corrected chi connectivity index (χ3v) is 13.6. The molecule has 184 valence electrons. The van der Waals surface area contributed by atoms with Gasteiger partial charge < -0.3 is 24.5 Å². The predicted molar refractivity (Wildman–Crippen MR) is 154 cm³/mol. The standard InChI is InChI=1S/C25H18O5S6.2Na/c1-31-22-23(36-25(35-22)24-33-18(20(26)27)19(34-24)21(28)29)32-11-10-30-17-15-8-4-2-6-13(15)12-14-7-3-5-9-16(14)17;;/h2-9,12H,10-11H2,1H3,(H,26,27)(H,28,29);;/q;2*+1/p-2. The first-order valence-corrected chi connectivity index (χ1v) is 16.0. The number of hydrogen-bond donors (Lipinski definition) is 0. The Bertz CT molecular complexity index is 1420. The second kappa shape index (κ2) is 14.9. The molecule has 38 heavy (non-hydrogen) atoms. The molecule has 0 atom stereocenters. The van der Waals surface area contributed by atoms with Crippen LogP contribution in [0.15, 0.2) is 81.4 Å². The van der Waals surface area contributed by atoms with Gasteiger partial charge >= 0.3 is 59.1 Å². The molecule has 0 spiro atoms. The zero-order chi connectivity index (χ0) is 25.2. The Morgan fingerprint density at radius 2 is 1.29 bits per heavy atom. The van der Waals surface area contributed by atoms with Gasteiger partial charge in [0.2, 0.25) is 0 Å². The summed E-state index contributed by atoms with van der Waals surface area (Å²) in [5.41, 5.74) is 0. The molecule has 5 nitrogen and oxygen atoms in total. The molecule has 0 unspecified atom stereocenters. The summed E-state index contributed by atoms with van der Waals surface area (Å²) in [6.45, 7) is 0.514. The van der Waals surface area contributed by atoms with E-state index in [9.17, 15) is 19.8 Å². The number of hydrogen-bond acceptors (Lipinski definition) is 11. The number of aliphatic carboxylic acids is 2. The molecule has 0 bridgehead atoms. The SMILES string of the molecule is CSC1=C(SCCOc2c3ccccc3cc3ccccc23)SC(=C2SC(C(=O)[O-])=C(C(=O)[O-])S2)S1.[Na+].[Na+]. The van der Waals surface area contributed by atoms with Crippen LogP contribution in [0.2, 0.25) is 0 Å². The number of rotatable bonds is 8. The summed E-state index contributed by atoms with van der Waals surface area (Å²) in [6, 6.07) is 18.6. The van der Waals surface area contributed by atoms with Crippen molar-refractivity contribution in [2.75, 3.05) is 18.6 Å². The molecular formula is C25H16Na2O5S6. The molecule has 5 rings (SSSR count). The molecule has 3 aromatic rings. The smallest absolute Gasteiger partial charge is 0.544 e. The summed E-state index contributed by atoms with van der Waals surface area (Å²) < 4.78 is 10.0. The number of carbonyl (C=O) groups excluding carboxylic acids is 2. The van der Waals surface area contributed by atoms with E-state index in [0.29, 0.717) is 10.8 Å². The van der Waals surface area contributed by atoms with E-state index in [0.717, 1.165) is 69.3 Å². The van der Waals surface area contributed by atoms with Gasteiger partial charge in [-0.05, 0) is 23.1 Å². The van der Waals surface area contributed by atoms with E-state index in [1.165, 1.54) is 23.5 Å². The van der Waals surface area contributed by atoms with Crippen LogP contribution >= 0.6 is 70.6 Å². The molecule has 0 N–H and O–H groups in total. The molecule has 0 fully saturated rings. The van der Waals surface area contributed by atoms with E-state index < -0.39 is 11.9 Å². The molecule has 0 aliphatic carbocycles. The van der Waals surface area contributed by atoms with Crippen LogP contribution in [0.1, 0.15) is 0 Å². The third-order valence-electron chi connectivity index (χ3n) is 5.14. The van der Waals surface area contributed by atoms with Crippen LogP contribution in [0, 0.1) is 0 Å². The molecule has 13 heteroatoms. The number of carbonyl (C=O) groups is 2. The van der Waals surface area contributed by atoms with E-state index >= 15 is 0 Å². The maximum atomic E-state index is 11.4. The van der Waals surface area contributed by atoms with Crippen molar-refractivity contribution in [3.63, 3.8) is 0 Å². The van der Waals surface area contributed by atoms with Gasteiger partial charge in [-0.1, -0.05) is 95.6 Å². The van der Waals surface area contributed by atoms with Gasteiger partial charge in [-0.2, -0.15) is 0 Å². The maximum Gasteiger partial charge on any atom is 1.00 e. The van der Waals surface area contributed by atoms with E-state index in [2.05, 4.69) is 30.3 Å². The third kappa shape index (κ3) is 7.17. The zero-order valence-corrected chi connectivity index (χ0v) is 29.5. The number of carboxylic acid groups (broad SMARTS) is 2. The molecular weight excluding hydrogens is 619 g/mol. The first-order valence-electron chi connectivity index (χ1n) is 10.5. The normalized spacial score (nSPS) is 15.2. The maximum absolute atomic E-state index is 11.4. The van der Waals surface area contributed by atoms with E-state index in [1.54, 1.807) is 23.5 Å². The minimum atomic E-state index is -1.50. The van der Waals surface area contributed by atoms with Crippen molar-refractivity contribution in [3.8, 4) is 5.75 Å². The van der Waals surface area contributed by atoms with Crippen molar-refractivity contribution in [1.29, 1.82) is 0 Å². The van der Waals surface area contributed by atoms with Gasteiger partial charge in [0.15, 0.2) is 0 Å². The number of fused-ring (bicyclic) bond motifs is 2. The largest absolute Gasteiger partial charge is 1.00 e. The van der Waals surface area contributed by atoms with Crippen LogP contribution in [0.25, 0.3) is 21.5 Å². The number of ether oxygens (including phenoxy) is 1. The van der Waals surface area contributed by atoms with Crippen LogP contribution in [0.3, 0.4) is 0 Å². The fourth-order valence-electron chi connectivity index (χ4n) is 3.63. The predicted octanol–water partition coefficient (Wildman–Crippen LogP) is -0.599. The topological polar surface area (TPSA) is 89.5 Å². The van der Waals surface area contributed by atoms with Gasteiger partial charge in [0.05, 0.1) is 45.3 Å². The number of benzene rings is 3. The van der Waals surface area contributed by atoms with Crippen molar-refractivity contribution < 1.29 is 83.7 Å². The Hall–Kier alpha value is 0.240. The second-order valence-corrected chi connectivity index (χ2v) is 14.4. The van der Waals surface area contributed by atoms with Crippen molar-refractivity contribution in [2.45, 2.75) is 0 Å². The summed E-state index contributed by atoms with van der Waals surface area (Å²) in [7, 11) is 0. The Labute approximate surface area is 289 Å².